The maximum Gasteiger partial charge on any atom is 0.348 e. The molecule has 0 bridgehead atoms. The molecule has 3 rings (SSSR count). The Bertz CT molecular complexity index is 910. The number of halogens is 1. The molecule has 0 amide bonds. The minimum atomic E-state index is -0.426. The maximum absolute atomic E-state index is 11.9. The zero-order valence-corrected chi connectivity index (χ0v) is 13.8. The van der Waals surface area contributed by atoms with Gasteiger partial charge in [0.1, 0.15) is 21.3 Å². The summed E-state index contributed by atoms with van der Waals surface area (Å²) < 4.78 is 4.79. The van der Waals surface area contributed by atoms with Crippen molar-refractivity contribution in [1.29, 1.82) is 0 Å². The van der Waals surface area contributed by atoms with Crippen LogP contribution in [0.2, 0.25) is 5.28 Å². The van der Waals surface area contributed by atoms with Crippen molar-refractivity contribution in [2.75, 3.05) is 12.4 Å². The summed E-state index contributed by atoms with van der Waals surface area (Å²) in [6, 6.07) is 6.62. The van der Waals surface area contributed by atoms with Crippen LogP contribution >= 0.6 is 22.9 Å². The van der Waals surface area contributed by atoms with E-state index in [1.165, 1.54) is 18.4 Å². The Balaban J connectivity index is 2.16. The van der Waals surface area contributed by atoms with Crippen LogP contribution in [-0.2, 0) is 4.74 Å². The van der Waals surface area contributed by atoms with Gasteiger partial charge in [0.15, 0.2) is 0 Å². The van der Waals surface area contributed by atoms with Gasteiger partial charge in [-0.15, -0.1) is 11.3 Å². The van der Waals surface area contributed by atoms with E-state index in [1.807, 2.05) is 0 Å². The molecular formula is C15H12ClN3O3S. The predicted molar refractivity (Wildman–Crippen MR) is 89.9 cm³/mol. The first-order chi connectivity index (χ1) is 11.0. The number of aryl methyl sites for hydroxylation is 1. The van der Waals surface area contributed by atoms with Crippen molar-refractivity contribution < 1.29 is 14.6 Å². The number of carbonyl (C=O) groups excluding carboxylic acids is 1. The van der Waals surface area contributed by atoms with Crippen LogP contribution in [0.15, 0.2) is 24.3 Å². The third-order valence-corrected chi connectivity index (χ3v) is 4.58. The number of rotatable bonds is 3. The zero-order chi connectivity index (χ0) is 16.6. The molecule has 8 heteroatoms. The van der Waals surface area contributed by atoms with Gasteiger partial charge in [-0.3, -0.25) is 0 Å². The number of thiophene rings is 1. The van der Waals surface area contributed by atoms with Crippen molar-refractivity contribution in [3.63, 3.8) is 0 Å². The van der Waals surface area contributed by atoms with Crippen LogP contribution in [-0.4, -0.2) is 28.2 Å². The Morgan fingerprint density at radius 3 is 2.87 bits per heavy atom. The van der Waals surface area contributed by atoms with E-state index in [-0.39, 0.29) is 11.0 Å². The fourth-order valence-electron chi connectivity index (χ4n) is 2.21. The number of fused-ring (bicyclic) bond motifs is 1. The second-order valence-corrected chi connectivity index (χ2v) is 6.08. The van der Waals surface area contributed by atoms with Crippen LogP contribution in [0.1, 0.15) is 15.2 Å². The van der Waals surface area contributed by atoms with E-state index in [1.54, 1.807) is 31.2 Å². The first-order valence-corrected chi connectivity index (χ1v) is 7.80. The Hall–Kier alpha value is -2.38. The van der Waals surface area contributed by atoms with Crippen molar-refractivity contribution in [2.45, 2.75) is 6.92 Å². The molecule has 23 heavy (non-hydrogen) atoms. The van der Waals surface area contributed by atoms with Gasteiger partial charge in [0.05, 0.1) is 12.5 Å². The highest BCUT2D eigenvalue weighted by molar-refractivity contribution is 7.20. The number of carbonyl (C=O) groups is 1. The Kier molecular flexibility index (Phi) is 4.06. The molecule has 2 aromatic heterocycles. The highest BCUT2D eigenvalue weighted by atomic mass is 35.5. The fraction of sp³-hybridized carbons (Fsp3) is 0.133. The summed E-state index contributed by atoms with van der Waals surface area (Å²) >= 11 is 7.17. The van der Waals surface area contributed by atoms with Gasteiger partial charge < -0.3 is 15.2 Å². The monoisotopic (exact) mass is 349 g/mol. The van der Waals surface area contributed by atoms with E-state index in [2.05, 4.69) is 15.3 Å². The summed E-state index contributed by atoms with van der Waals surface area (Å²) in [6.45, 7) is 1.80. The fourth-order valence-corrected chi connectivity index (χ4v) is 3.53. The first kappa shape index (κ1) is 15.5. The van der Waals surface area contributed by atoms with Gasteiger partial charge in [0.25, 0.3) is 0 Å². The minimum Gasteiger partial charge on any atom is -0.508 e. The first-order valence-electron chi connectivity index (χ1n) is 6.60. The number of phenolic OH excluding ortho intramolecular Hbond substituents is 1. The summed E-state index contributed by atoms with van der Waals surface area (Å²) in [5.41, 5.74) is 1.36. The molecule has 0 radical (unpaired) electrons. The second kappa shape index (κ2) is 6.02. The van der Waals surface area contributed by atoms with Gasteiger partial charge in [-0.25, -0.2) is 9.78 Å². The van der Waals surface area contributed by atoms with E-state index in [4.69, 9.17) is 16.3 Å². The van der Waals surface area contributed by atoms with Crippen LogP contribution in [0.25, 0.3) is 10.2 Å². The molecule has 118 valence electrons. The number of benzene rings is 1. The van der Waals surface area contributed by atoms with Crippen LogP contribution in [0.5, 0.6) is 5.75 Å². The Labute approximate surface area is 140 Å². The summed E-state index contributed by atoms with van der Waals surface area (Å²) in [7, 11) is 1.33. The lowest BCUT2D eigenvalue weighted by Crippen LogP contribution is -2.00. The van der Waals surface area contributed by atoms with Crippen LogP contribution in [0.3, 0.4) is 0 Å². The molecular weight excluding hydrogens is 338 g/mol. The molecule has 6 nitrogen and oxygen atoms in total. The van der Waals surface area contributed by atoms with E-state index in [0.717, 1.165) is 5.56 Å². The quantitative estimate of drug-likeness (QED) is 0.551. The molecule has 0 unspecified atom stereocenters. The molecule has 0 spiro atoms. The van der Waals surface area contributed by atoms with E-state index in [9.17, 15) is 9.90 Å². The number of esters is 1. The molecule has 0 aliphatic rings. The molecule has 0 aliphatic heterocycles. The number of aromatic nitrogens is 2. The molecule has 0 saturated heterocycles. The summed E-state index contributed by atoms with van der Waals surface area (Å²) in [4.78, 5) is 21.3. The number of anilines is 2. The van der Waals surface area contributed by atoms with Crippen molar-refractivity contribution in [3.05, 3.63) is 40.0 Å². The molecule has 3 aromatic rings. The van der Waals surface area contributed by atoms with Gasteiger partial charge in [-0.05, 0) is 36.2 Å². The average molecular weight is 350 g/mol. The normalized spacial score (nSPS) is 10.7. The average Bonchev–Trinajstić information content (AvgIpc) is 2.83. The summed E-state index contributed by atoms with van der Waals surface area (Å²) in [5.74, 6) is 0.170. The number of phenols is 1. The number of ether oxygens (including phenoxy) is 1. The molecule has 0 fully saturated rings. The largest absolute Gasteiger partial charge is 0.508 e. The number of hydrogen-bond donors (Lipinski definition) is 2. The second-order valence-electron chi connectivity index (χ2n) is 4.74. The molecule has 0 aliphatic carbocycles. The summed E-state index contributed by atoms with van der Waals surface area (Å²) in [6.07, 6.45) is 0. The van der Waals surface area contributed by atoms with Crippen molar-refractivity contribution in [1.82, 2.24) is 9.97 Å². The Morgan fingerprint density at radius 1 is 1.39 bits per heavy atom. The smallest absolute Gasteiger partial charge is 0.348 e. The zero-order valence-electron chi connectivity index (χ0n) is 12.3. The van der Waals surface area contributed by atoms with Gasteiger partial charge in [0.2, 0.25) is 5.28 Å². The van der Waals surface area contributed by atoms with Gasteiger partial charge in [0, 0.05) is 11.8 Å². The van der Waals surface area contributed by atoms with Crippen LogP contribution in [0, 0.1) is 6.92 Å². The number of nitrogens with one attached hydrogen (secondary N) is 1. The summed E-state index contributed by atoms with van der Waals surface area (Å²) in [5, 5.41) is 13.4. The van der Waals surface area contributed by atoms with E-state index >= 15 is 0 Å². The van der Waals surface area contributed by atoms with Gasteiger partial charge in [-0.1, -0.05) is 6.07 Å². The minimum absolute atomic E-state index is 0.0674. The molecule has 0 saturated carbocycles. The number of hydrogen-bond acceptors (Lipinski definition) is 7. The van der Waals surface area contributed by atoms with Crippen molar-refractivity contribution in [3.8, 4) is 5.75 Å². The third-order valence-electron chi connectivity index (χ3n) is 3.24. The Morgan fingerprint density at radius 2 is 2.17 bits per heavy atom. The number of aromatic hydroxyl groups is 1. The maximum atomic E-state index is 11.9. The van der Waals surface area contributed by atoms with Crippen molar-refractivity contribution in [2.24, 2.45) is 0 Å². The van der Waals surface area contributed by atoms with Crippen LogP contribution < -0.4 is 5.32 Å². The topological polar surface area (TPSA) is 84.3 Å². The van der Waals surface area contributed by atoms with E-state index < -0.39 is 5.97 Å². The molecule has 0 atom stereocenters. The molecule has 2 heterocycles. The van der Waals surface area contributed by atoms with E-state index in [0.29, 0.717) is 26.6 Å². The predicted octanol–water partition coefficient (Wildman–Crippen LogP) is 3.89. The van der Waals surface area contributed by atoms with Gasteiger partial charge >= 0.3 is 5.97 Å². The lowest BCUT2D eigenvalue weighted by molar-refractivity contribution is 0.0605. The standard InChI is InChI=1S/C15H12ClN3O3S/c1-7-10-12(17-8-4-3-5-9(20)6-8)18-15(16)19-13(10)23-11(7)14(21)22-2/h3-6,20H,1-2H3,(H,17,18,19). The highest BCUT2D eigenvalue weighted by Crippen LogP contribution is 2.36. The molecule has 2 N–H and O–H groups in total. The highest BCUT2D eigenvalue weighted by Gasteiger charge is 2.20. The van der Waals surface area contributed by atoms with Crippen molar-refractivity contribution >= 4 is 50.6 Å². The lowest BCUT2D eigenvalue weighted by Gasteiger charge is -2.08. The van der Waals surface area contributed by atoms with Gasteiger partial charge in [-0.2, -0.15) is 4.98 Å². The van der Waals surface area contributed by atoms with Crippen LogP contribution in [0.4, 0.5) is 11.5 Å². The SMILES string of the molecule is COC(=O)c1sc2nc(Cl)nc(Nc3cccc(O)c3)c2c1C. The number of nitrogens with zero attached hydrogens (tertiary/aromatic N) is 2. The third kappa shape index (κ3) is 2.93. The molecule has 1 aromatic carbocycles. The lowest BCUT2D eigenvalue weighted by atomic mass is 10.2. The number of methoxy groups -OCH3 is 1.